The maximum absolute atomic E-state index is 13.5. The van der Waals surface area contributed by atoms with Crippen LogP contribution in [0.15, 0.2) is 46.8 Å². The Hall–Kier alpha value is -4.67. The average molecular weight is 503 g/mol. The number of nitrogens with zero attached hydrogens (tertiary/aromatic N) is 3. The maximum Gasteiger partial charge on any atom is 0.274 e. The second-order valence-corrected chi connectivity index (χ2v) is 8.62. The van der Waals surface area contributed by atoms with Crippen LogP contribution in [-0.2, 0) is 0 Å². The topological polar surface area (TPSA) is 133 Å². The third-order valence-corrected chi connectivity index (χ3v) is 6.96. The van der Waals surface area contributed by atoms with Crippen molar-refractivity contribution in [2.45, 2.75) is 5.92 Å². The Labute approximate surface area is 210 Å². The summed E-state index contributed by atoms with van der Waals surface area (Å²) in [5.41, 5.74) is 7.35. The lowest BCUT2D eigenvalue weighted by molar-refractivity contribution is 0.351. The van der Waals surface area contributed by atoms with Gasteiger partial charge in [-0.3, -0.25) is 9.36 Å². The fraction of sp³-hybridized carbons (Fsp3) is 0.192. The third-order valence-electron chi connectivity index (χ3n) is 5.85. The van der Waals surface area contributed by atoms with Crippen LogP contribution in [0.25, 0.3) is 17.5 Å². The predicted octanol–water partition coefficient (Wildman–Crippen LogP) is 1.90. The van der Waals surface area contributed by atoms with Crippen molar-refractivity contribution in [3.8, 4) is 35.1 Å². The van der Waals surface area contributed by atoms with E-state index >= 15 is 0 Å². The number of benzene rings is 2. The van der Waals surface area contributed by atoms with Gasteiger partial charge in [-0.05, 0) is 18.2 Å². The number of allylic oxidation sites excluding steroid dienone is 1. The van der Waals surface area contributed by atoms with E-state index in [9.17, 15) is 15.3 Å². The van der Waals surface area contributed by atoms with Gasteiger partial charge in [0, 0.05) is 11.1 Å². The molecule has 0 aliphatic carbocycles. The Bertz CT molecular complexity index is 1650. The number of para-hydroxylation sites is 2. The molecule has 3 aromatic rings. The molecule has 182 valence electrons. The monoisotopic (exact) mass is 502 g/mol. The molecule has 4 rings (SSSR count). The summed E-state index contributed by atoms with van der Waals surface area (Å²) in [6.45, 7) is 0. The molecule has 9 nitrogen and oxygen atoms in total. The molecule has 1 aliphatic heterocycles. The lowest BCUT2D eigenvalue weighted by Crippen LogP contribution is -2.38. The number of nitrogens with two attached hydrogens (primary N) is 1. The Morgan fingerprint density at radius 3 is 2.11 bits per heavy atom. The molecule has 2 heterocycles. The van der Waals surface area contributed by atoms with Crippen LogP contribution >= 0.6 is 11.3 Å². The number of nitriles is 2. The van der Waals surface area contributed by atoms with Crippen LogP contribution in [-0.4, -0.2) is 33.0 Å². The van der Waals surface area contributed by atoms with Crippen LogP contribution in [0.5, 0.6) is 23.0 Å². The Morgan fingerprint density at radius 2 is 1.53 bits per heavy atom. The smallest absolute Gasteiger partial charge is 0.274 e. The molecule has 36 heavy (non-hydrogen) atoms. The van der Waals surface area contributed by atoms with E-state index in [2.05, 4.69) is 12.1 Å². The summed E-state index contributed by atoms with van der Waals surface area (Å²) in [7, 11) is 6.01. The molecule has 0 saturated carbocycles. The summed E-state index contributed by atoms with van der Waals surface area (Å²) in [6, 6.07) is 14.8. The number of hydrogen-bond acceptors (Lipinski definition) is 9. The molecule has 0 amide bonds. The minimum Gasteiger partial charge on any atom is -0.493 e. The van der Waals surface area contributed by atoms with Gasteiger partial charge in [-0.25, -0.2) is 0 Å². The van der Waals surface area contributed by atoms with Crippen LogP contribution in [0.3, 0.4) is 0 Å². The minimum absolute atomic E-state index is 0.0418. The Balaban J connectivity index is 2.08. The molecular weight excluding hydrogens is 480 g/mol. The highest BCUT2D eigenvalue weighted by Crippen LogP contribution is 2.43. The normalized spacial score (nSPS) is 15.1. The highest BCUT2D eigenvalue weighted by atomic mass is 32.1. The van der Waals surface area contributed by atoms with E-state index in [-0.39, 0.29) is 17.0 Å². The second kappa shape index (κ2) is 9.90. The highest BCUT2D eigenvalue weighted by Gasteiger charge is 2.34. The third kappa shape index (κ3) is 3.74. The molecule has 0 unspecified atom stereocenters. The predicted molar refractivity (Wildman–Crippen MR) is 135 cm³/mol. The average Bonchev–Trinajstić information content (AvgIpc) is 3.23. The lowest BCUT2D eigenvalue weighted by atomic mass is 9.84. The standard InChI is InChI=1S/C26H22N4O5S/c1-32-18-9-5-7-14(22(18)34-3)11-20-25(31)30-24(29)16(12-27)21(17(13-28)26(30)36-20)15-8-6-10-19(33-2)23(15)35-4/h5-11,21H,29H2,1-4H3/b20-11-/t21-/m1/s1. The molecule has 0 bridgehead atoms. The molecular formula is C26H22N4O5S. The van der Waals surface area contributed by atoms with Gasteiger partial charge in [0.1, 0.15) is 10.5 Å². The zero-order valence-corrected chi connectivity index (χ0v) is 20.8. The van der Waals surface area contributed by atoms with E-state index in [4.69, 9.17) is 24.7 Å². The number of aromatic nitrogens is 1. The zero-order chi connectivity index (χ0) is 26.0. The molecule has 0 spiro atoms. The fourth-order valence-electron chi connectivity index (χ4n) is 4.27. The molecule has 10 heteroatoms. The number of thiazole rings is 1. The van der Waals surface area contributed by atoms with Crippen LogP contribution in [0.4, 0.5) is 0 Å². The van der Waals surface area contributed by atoms with E-state index in [0.29, 0.717) is 43.3 Å². The number of hydrogen-bond donors (Lipinski definition) is 1. The molecule has 1 aliphatic rings. The number of fused-ring (bicyclic) bond motifs is 1. The minimum atomic E-state index is -0.845. The van der Waals surface area contributed by atoms with Crippen molar-refractivity contribution in [1.82, 2.24) is 4.57 Å². The van der Waals surface area contributed by atoms with Crippen molar-refractivity contribution in [1.29, 1.82) is 10.5 Å². The largest absolute Gasteiger partial charge is 0.493 e. The highest BCUT2D eigenvalue weighted by molar-refractivity contribution is 7.07. The van der Waals surface area contributed by atoms with Crippen molar-refractivity contribution in [2.24, 2.45) is 5.73 Å². The second-order valence-electron chi connectivity index (χ2n) is 7.59. The summed E-state index contributed by atoms with van der Waals surface area (Å²) in [5, 5.41) is 20.3. The number of methoxy groups -OCH3 is 4. The first-order valence-electron chi connectivity index (χ1n) is 10.6. The van der Waals surface area contributed by atoms with Gasteiger partial charge in [-0.2, -0.15) is 10.5 Å². The summed E-state index contributed by atoms with van der Waals surface area (Å²) < 4.78 is 23.7. The summed E-state index contributed by atoms with van der Waals surface area (Å²) in [6.07, 6.45) is 1.65. The molecule has 1 atom stereocenters. The van der Waals surface area contributed by atoms with Crippen LogP contribution in [0, 0.1) is 22.7 Å². The lowest BCUT2D eigenvalue weighted by Gasteiger charge is -2.24. The molecule has 0 saturated heterocycles. The fourth-order valence-corrected chi connectivity index (χ4v) is 5.39. The molecule has 2 N–H and O–H groups in total. The van der Waals surface area contributed by atoms with Gasteiger partial charge in [-0.15, -0.1) is 11.3 Å². The molecule has 0 radical (unpaired) electrons. The molecule has 0 fully saturated rings. The van der Waals surface area contributed by atoms with Gasteiger partial charge in [0.2, 0.25) is 0 Å². The van der Waals surface area contributed by atoms with Crippen LogP contribution in [0.1, 0.15) is 17.0 Å². The van der Waals surface area contributed by atoms with E-state index in [1.807, 2.05) is 0 Å². The first kappa shape index (κ1) is 24.5. The quantitative estimate of drug-likeness (QED) is 0.540. The van der Waals surface area contributed by atoms with Gasteiger partial charge in [0.15, 0.2) is 23.0 Å². The number of rotatable bonds is 6. The first-order valence-corrected chi connectivity index (χ1v) is 11.5. The van der Waals surface area contributed by atoms with Crippen LogP contribution < -0.4 is 39.4 Å². The number of ether oxygens (including phenoxy) is 4. The molecule has 2 aromatic carbocycles. The van der Waals surface area contributed by atoms with Crippen molar-refractivity contribution in [2.75, 3.05) is 28.4 Å². The molecule has 1 aromatic heterocycles. The maximum atomic E-state index is 13.5. The van der Waals surface area contributed by atoms with E-state index in [0.717, 1.165) is 11.3 Å². The van der Waals surface area contributed by atoms with Crippen LogP contribution in [0.2, 0.25) is 0 Å². The van der Waals surface area contributed by atoms with Gasteiger partial charge in [-0.1, -0.05) is 24.3 Å². The SMILES string of the molecule is COc1cccc(/C=c2\sc3n(c2=O)C(N)=C(C#N)[C@@H](c2cccc(OC)c2OC)C=3C#N)c1OC. The van der Waals surface area contributed by atoms with Crippen molar-refractivity contribution >= 4 is 28.8 Å². The van der Waals surface area contributed by atoms with Crippen molar-refractivity contribution in [3.05, 3.63) is 72.6 Å². The zero-order valence-electron chi connectivity index (χ0n) is 20.0. The van der Waals surface area contributed by atoms with Gasteiger partial charge in [0.25, 0.3) is 5.56 Å². The van der Waals surface area contributed by atoms with Gasteiger partial charge in [0.05, 0.1) is 62.2 Å². The summed E-state index contributed by atoms with van der Waals surface area (Å²) in [5.74, 6) is 0.894. The van der Waals surface area contributed by atoms with Gasteiger partial charge < -0.3 is 24.7 Å². The Morgan fingerprint density at radius 1 is 0.917 bits per heavy atom. The first-order chi connectivity index (χ1) is 17.4. The van der Waals surface area contributed by atoms with E-state index in [1.54, 1.807) is 42.5 Å². The summed E-state index contributed by atoms with van der Waals surface area (Å²) >= 11 is 1.10. The van der Waals surface area contributed by atoms with Crippen molar-refractivity contribution in [3.63, 3.8) is 0 Å². The van der Waals surface area contributed by atoms with E-state index < -0.39 is 11.5 Å². The van der Waals surface area contributed by atoms with Crippen molar-refractivity contribution < 1.29 is 18.9 Å². The van der Waals surface area contributed by atoms with E-state index in [1.165, 1.54) is 33.0 Å². The summed E-state index contributed by atoms with van der Waals surface area (Å²) in [4.78, 5) is 13.5. The Kier molecular flexibility index (Phi) is 6.73. The van der Waals surface area contributed by atoms with Gasteiger partial charge >= 0.3 is 0 Å².